The van der Waals surface area contributed by atoms with Gasteiger partial charge in [-0.2, -0.15) is 0 Å². The number of carbonyl (C=O) groups is 1. The van der Waals surface area contributed by atoms with Gasteiger partial charge in [-0.05, 0) is 37.1 Å². The molecule has 0 fully saturated rings. The number of thioether (sulfide) groups is 1. The molecule has 0 radical (unpaired) electrons. The third kappa shape index (κ3) is 8.17. The molecule has 0 unspecified atom stereocenters. The molecule has 1 aromatic rings. The summed E-state index contributed by atoms with van der Waals surface area (Å²) in [5.74, 6) is 0.511. The summed E-state index contributed by atoms with van der Waals surface area (Å²) in [7, 11) is 0. The molecule has 0 aliphatic carbocycles. The van der Waals surface area contributed by atoms with Gasteiger partial charge in [0, 0.05) is 30.2 Å². The summed E-state index contributed by atoms with van der Waals surface area (Å²) in [6.07, 6.45) is 4.30. The first-order valence-electron chi connectivity index (χ1n) is 6.98. The van der Waals surface area contributed by atoms with E-state index in [1.165, 1.54) is 12.1 Å². The molecule has 1 rings (SSSR count). The van der Waals surface area contributed by atoms with Crippen LogP contribution in [0, 0.1) is 5.82 Å². The largest absolute Gasteiger partial charge is 0.396 e. The first-order valence-corrected chi connectivity index (χ1v) is 7.97. The van der Waals surface area contributed by atoms with Crippen molar-refractivity contribution in [1.29, 1.82) is 0 Å². The Morgan fingerprint density at radius 3 is 2.55 bits per heavy atom. The van der Waals surface area contributed by atoms with Crippen LogP contribution >= 0.6 is 11.8 Å². The van der Waals surface area contributed by atoms with Gasteiger partial charge in [-0.1, -0.05) is 12.8 Å². The Hall–Kier alpha value is -1.07. The van der Waals surface area contributed by atoms with Gasteiger partial charge in [0.1, 0.15) is 5.82 Å². The summed E-state index contributed by atoms with van der Waals surface area (Å²) in [5.41, 5.74) is 0. The highest BCUT2D eigenvalue weighted by molar-refractivity contribution is 7.99. The lowest BCUT2D eigenvalue weighted by Crippen LogP contribution is -2.24. The normalized spacial score (nSPS) is 10.5. The molecule has 0 aliphatic rings. The van der Waals surface area contributed by atoms with Gasteiger partial charge in [-0.25, -0.2) is 4.39 Å². The molecular weight excluding hydrogens is 277 g/mol. The molecule has 5 heteroatoms. The van der Waals surface area contributed by atoms with Crippen LogP contribution in [0.1, 0.15) is 32.1 Å². The van der Waals surface area contributed by atoms with E-state index in [-0.39, 0.29) is 18.3 Å². The highest BCUT2D eigenvalue weighted by Gasteiger charge is 2.01. The predicted molar refractivity (Wildman–Crippen MR) is 80.3 cm³/mol. The van der Waals surface area contributed by atoms with Gasteiger partial charge >= 0.3 is 0 Å². The van der Waals surface area contributed by atoms with E-state index in [9.17, 15) is 9.18 Å². The maximum absolute atomic E-state index is 12.7. The van der Waals surface area contributed by atoms with Gasteiger partial charge in [0.15, 0.2) is 0 Å². The number of aliphatic hydroxyl groups is 1. The number of benzene rings is 1. The maximum Gasteiger partial charge on any atom is 0.220 e. The van der Waals surface area contributed by atoms with E-state index < -0.39 is 0 Å². The van der Waals surface area contributed by atoms with E-state index in [2.05, 4.69) is 5.32 Å². The lowest BCUT2D eigenvalue weighted by molar-refractivity contribution is -0.120. The fraction of sp³-hybridized carbons (Fsp3) is 0.533. The summed E-state index contributed by atoms with van der Waals surface area (Å²) in [6.45, 7) is 0.943. The summed E-state index contributed by atoms with van der Waals surface area (Å²) < 4.78 is 12.7. The van der Waals surface area contributed by atoms with Crippen molar-refractivity contribution in [3.8, 4) is 0 Å². The lowest BCUT2D eigenvalue weighted by atomic mass is 10.2. The lowest BCUT2D eigenvalue weighted by Gasteiger charge is -2.05. The smallest absolute Gasteiger partial charge is 0.220 e. The zero-order valence-corrected chi connectivity index (χ0v) is 12.4. The molecule has 0 atom stereocenters. The van der Waals surface area contributed by atoms with Gasteiger partial charge in [0.2, 0.25) is 5.91 Å². The Morgan fingerprint density at radius 2 is 1.85 bits per heavy atom. The fourth-order valence-electron chi connectivity index (χ4n) is 1.70. The number of carbonyl (C=O) groups excluding carboxylic acids is 1. The molecule has 0 bridgehead atoms. The van der Waals surface area contributed by atoms with Crippen LogP contribution in [0.2, 0.25) is 0 Å². The Morgan fingerprint density at radius 1 is 1.15 bits per heavy atom. The second-order valence-corrected chi connectivity index (χ2v) is 5.71. The van der Waals surface area contributed by atoms with E-state index in [4.69, 9.17) is 5.11 Å². The summed E-state index contributed by atoms with van der Waals surface area (Å²) in [5, 5.41) is 11.5. The second-order valence-electron chi connectivity index (χ2n) is 4.54. The van der Waals surface area contributed by atoms with Crippen molar-refractivity contribution in [3.63, 3.8) is 0 Å². The Balaban J connectivity index is 2.01. The van der Waals surface area contributed by atoms with Crippen molar-refractivity contribution in [1.82, 2.24) is 5.32 Å². The average Bonchev–Trinajstić information content (AvgIpc) is 2.45. The quantitative estimate of drug-likeness (QED) is 0.516. The van der Waals surface area contributed by atoms with Crippen molar-refractivity contribution >= 4 is 17.7 Å². The van der Waals surface area contributed by atoms with Crippen molar-refractivity contribution < 1.29 is 14.3 Å². The highest BCUT2D eigenvalue weighted by Crippen LogP contribution is 2.18. The van der Waals surface area contributed by atoms with E-state index in [0.717, 1.165) is 30.6 Å². The zero-order valence-electron chi connectivity index (χ0n) is 11.6. The van der Waals surface area contributed by atoms with Gasteiger partial charge in [0.05, 0.1) is 0 Å². The Labute approximate surface area is 124 Å². The first kappa shape index (κ1) is 17.0. The van der Waals surface area contributed by atoms with Crippen molar-refractivity contribution in [2.75, 3.05) is 18.9 Å². The van der Waals surface area contributed by atoms with E-state index in [1.807, 2.05) is 0 Å². The molecule has 112 valence electrons. The standard InChI is InChI=1S/C15H22FNO2S/c16-13-5-7-14(8-6-13)20-12-9-15(19)17-10-3-1-2-4-11-18/h5-8,18H,1-4,9-12H2,(H,17,19). The van der Waals surface area contributed by atoms with Crippen LogP contribution in [0.25, 0.3) is 0 Å². The minimum atomic E-state index is -0.242. The topological polar surface area (TPSA) is 49.3 Å². The third-order valence-electron chi connectivity index (χ3n) is 2.82. The summed E-state index contributed by atoms with van der Waals surface area (Å²) in [4.78, 5) is 12.5. The van der Waals surface area contributed by atoms with E-state index >= 15 is 0 Å². The van der Waals surface area contributed by atoms with Crippen LogP contribution in [0.15, 0.2) is 29.2 Å². The fourth-order valence-corrected chi connectivity index (χ4v) is 2.55. The Bertz CT molecular complexity index is 384. The molecule has 1 amide bonds. The number of hydrogen-bond donors (Lipinski definition) is 2. The first-order chi connectivity index (χ1) is 9.72. The minimum absolute atomic E-state index is 0.0572. The molecule has 2 N–H and O–H groups in total. The molecule has 0 aliphatic heterocycles. The van der Waals surface area contributed by atoms with Crippen molar-refractivity contribution in [2.24, 2.45) is 0 Å². The van der Waals surface area contributed by atoms with E-state index in [1.54, 1.807) is 23.9 Å². The van der Waals surface area contributed by atoms with Crippen LogP contribution in [-0.4, -0.2) is 29.9 Å². The zero-order chi connectivity index (χ0) is 14.6. The average molecular weight is 299 g/mol. The number of aliphatic hydroxyl groups excluding tert-OH is 1. The van der Waals surface area contributed by atoms with Gasteiger partial charge in [-0.3, -0.25) is 4.79 Å². The van der Waals surface area contributed by atoms with Crippen LogP contribution in [-0.2, 0) is 4.79 Å². The molecule has 0 saturated heterocycles. The van der Waals surface area contributed by atoms with Crippen molar-refractivity contribution in [2.45, 2.75) is 37.0 Å². The van der Waals surface area contributed by atoms with Crippen LogP contribution in [0.3, 0.4) is 0 Å². The minimum Gasteiger partial charge on any atom is -0.396 e. The van der Waals surface area contributed by atoms with Gasteiger partial charge in [-0.15, -0.1) is 11.8 Å². The summed E-state index contributed by atoms with van der Waals surface area (Å²) in [6, 6.07) is 6.29. The molecule has 0 heterocycles. The predicted octanol–water partition coefficient (Wildman–Crippen LogP) is 2.98. The maximum atomic E-state index is 12.7. The van der Waals surface area contributed by atoms with Gasteiger partial charge < -0.3 is 10.4 Å². The van der Waals surface area contributed by atoms with Crippen molar-refractivity contribution in [3.05, 3.63) is 30.1 Å². The molecule has 3 nitrogen and oxygen atoms in total. The van der Waals surface area contributed by atoms with Crippen LogP contribution < -0.4 is 5.32 Å². The number of nitrogens with one attached hydrogen (secondary N) is 1. The number of amides is 1. The molecule has 0 saturated carbocycles. The number of rotatable bonds is 10. The molecule has 0 aromatic heterocycles. The number of unbranched alkanes of at least 4 members (excludes halogenated alkanes) is 3. The van der Waals surface area contributed by atoms with Gasteiger partial charge in [0.25, 0.3) is 0 Å². The molecule has 1 aromatic carbocycles. The number of halogens is 1. The molecule has 0 spiro atoms. The molecule has 20 heavy (non-hydrogen) atoms. The second kappa shape index (κ2) is 10.7. The monoisotopic (exact) mass is 299 g/mol. The highest BCUT2D eigenvalue weighted by atomic mass is 32.2. The third-order valence-corrected chi connectivity index (χ3v) is 3.83. The SMILES string of the molecule is O=C(CCSc1ccc(F)cc1)NCCCCCCO. The Kier molecular flexibility index (Phi) is 9.07. The summed E-state index contributed by atoms with van der Waals surface area (Å²) >= 11 is 1.55. The molecular formula is C15H22FNO2S. The number of hydrogen-bond acceptors (Lipinski definition) is 3. The van der Waals surface area contributed by atoms with Crippen LogP contribution in [0.5, 0.6) is 0 Å². The van der Waals surface area contributed by atoms with Crippen LogP contribution in [0.4, 0.5) is 4.39 Å². The van der Waals surface area contributed by atoms with E-state index in [0.29, 0.717) is 18.7 Å².